The first-order chi connectivity index (χ1) is 10.6. The molecule has 0 aromatic rings. The summed E-state index contributed by atoms with van der Waals surface area (Å²) in [5.74, 6) is -1.45. The minimum atomic E-state index is -1.88. The highest BCUT2D eigenvalue weighted by Gasteiger charge is 2.58. The Balaban J connectivity index is 3.02. The van der Waals surface area contributed by atoms with E-state index in [2.05, 4.69) is 5.32 Å². The van der Waals surface area contributed by atoms with Crippen LogP contribution in [0.2, 0.25) is 0 Å². The normalized spacial score (nSPS) is 24.8. The van der Waals surface area contributed by atoms with Gasteiger partial charge in [0.1, 0.15) is 17.2 Å². The Bertz CT molecular complexity index is 572. The molecule has 8 heteroatoms. The fourth-order valence-corrected chi connectivity index (χ4v) is 2.23. The molecular weight excluding hydrogens is 316 g/mol. The van der Waals surface area contributed by atoms with E-state index < -0.39 is 46.7 Å². The van der Waals surface area contributed by atoms with E-state index in [1.807, 2.05) is 0 Å². The zero-order valence-electron chi connectivity index (χ0n) is 15.5. The molecule has 1 saturated heterocycles. The Morgan fingerprint density at radius 1 is 1.04 bits per heavy atom. The summed E-state index contributed by atoms with van der Waals surface area (Å²) in [4.78, 5) is 50.0. The number of Topliss-reactive ketones (excluding diaryl/α,β-unsaturated/α-hetero) is 1. The number of hydrogen-bond donors (Lipinski definition) is 1. The number of likely N-dealkylation sites (tertiary alicyclic amines) is 1. The SMILES string of the molecule is CC1C(=O)C(C)(NC(=O)OC(C)(C)C)C(=O)N1C(=O)OC(C)(C)C. The van der Waals surface area contributed by atoms with Gasteiger partial charge in [-0.1, -0.05) is 0 Å². The van der Waals surface area contributed by atoms with E-state index in [1.54, 1.807) is 41.5 Å². The number of nitrogens with one attached hydrogen (secondary N) is 1. The average Bonchev–Trinajstić information content (AvgIpc) is 2.46. The maximum absolute atomic E-state index is 12.6. The zero-order chi connectivity index (χ0) is 19.1. The van der Waals surface area contributed by atoms with Crippen LogP contribution >= 0.6 is 0 Å². The van der Waals surface area contributed by atoms with Crippen LogP contribution in [-0.2, 0) is 19.1 Å². The third-order valence-electron chi connectivity index (χ3n) is 3.25. The molecule has 0 bridgehead atoms. The predicted octanol–water partition coefficient (Wildman–Crippen LogP) is 2.00. The second-order valence-electron chi connectivity index (χ2n) is 7.95. The number of rotatable bonds is 1. The smallest absolute Gasteiger partial charge is 0.417 e. The van der Waals surface area contributed by atoms with Crippen molar-refractivity contribution in [2.75, 3.05) is 0 Å². The molecule has 2 atom stereocenters. The van der Waals surface area contributed by atoms with E-state index >= 15 is 0 Å². The Morgan fingerprint density at radius 3 is 1.92 bits per heavy atom. The summed E-state index contributed by atoms with van der Waals surface area (Å²) in [6.45, 7) is 12.6. The summed E-state index contributed by atoms with van der Waals surface area (Å²) in [5, 5.41) is 2.28. The summed E-state index contributed by atoms with van der Waals surface area (Å²) in [6.07, 6.45) is -1.84. The molecule has 0 aliphatic carbocycles. The number of carbonyl (C=O) groups excluding carboxylic acids is 4. The van der Waals surface area contributed by atoms with Crippen LogP contribution in [0.4, 0.5) is 9.59 Å². The Kier molecular flexibility index (Phi) is 5.04. The van der Waals surface area contributed by atoms with Gasteiger partial charge in [0, 0.05) is 0 Å². The number of ether oxygens (including phenoxy) is 2. The first kappa shape index (κ1) is 19.9. The summed E-state index contributed by atoms with van der Waals surface area (Å²) in [6, 6.07) is -1.05. The van der Waals surface area contributed by atoms with Crippen LogP contribution in [0.3, 0.4) is 0 Å². The molecule has 0 radical (unpaired) electrons. The number of ketones is 1. The lowest BCUT2D eigenvalue weighted by Crippen LogP contribution is -2.57. The molecule has 3 amide bonds. The van der Waals surface area contributed by atoms with E-state index in [4.69, 9.17) is 9.47 Å². The number of amides is 3. The van der Waals surface area contributed by atoms with E-state index in [1.165, 1.54) is 13.8 Å². The van der Waals surface area contributed by atoms with Gasteiger partial charge in [0.15, 0.2) is 11.3 Å². The molecule has 0 aromatic heterocycles. The fourth-order valence-electron chi connectivity index (χ4n) is 2.23. The number of nitrogens with zero attached hydrogens (tertiary/aromatic N) is 1. The molecule has 1 aliphatic heterocycles. The quantitative estimate of drug-likeness (QED) is 0.731. The van der Waals surface area contributed by atoms with Crippen molar-refractivity contribution in [3.05, 3.63) is 0 Å². The fraction of sp³-hybridized carbons (Fsp3) is 0.750. The van der Waals surface area contributed by atoms with Crippen molar-refractivity contribution in [3.8, 4) is 0 Å². The minimum absolute atomic E-state index is 0.607. The maximum Gasteiger partial charge on any atom is 0.417 e. The second-order valence-corrected chi connectivity index (χ2v) is 7.95. The summed E-state index contributed by atoms with van der Waals surface area (Å²) >= 11 is 0. The molecule has 1 fully saturated rings. The van der Waals surface area contributed by atoms with Gasteiger partial charge in [-0.25, -0.2) is 14.5 Å². The van der Waals surface area contributed by atoms with E-state index in [0.717, 1.165) is 4.90 Å². The van der Waals surface area contributed by atoms with Gasteiger partial charge in [0.25, 0.3) is 5.91 Å². The van der Waals surface area contributed by atoms with Crippen LogP contribution in [0.5, 0.6) is 0 Å². The van der Waals surface area contributed by atoms with Crippen LogP contribution in [0.25, 0.3) is 0 Å². The van der Waals surface area contributed by atoms with Gasteiger partial charge in [0.05, 0.1) is 0 Å². The molecule has 136 valence electrons. The first-order valence-corrected chi connectivity index (χ1v) is 7.70. The van der Waals surface area contributed by atoms with E-state index in [0.29, 0.717) is 0 Å². The molecule has 1 N–H and O–H groups in total. The van der Waals surface area contributed by atoms with Crippen molar-refractivity contribution < 1.29 is 28.7 Å². The van der Waals surface area contributed by atoms with Crippen LogP contribution in [0.1, 0.15) is 55.4 Å². The Labute approximate surface area is 141 Å². The van der Waals surface area contributed by atoms with Crippen molar-refractivity contribution in [2.24, 2.45) is 0 Å². The highest BCUT2D eigenvalue weighted by molar-refractivity contribution is 6.23. The molecule has 24 heavy (non-hydrogen) atoms. The van der Waals surface area contributed by atoms with Gasteiger partial charge in [-0.2, -0.15) is 0 Å². The van der Waals surface area contributed by atoms with Gasteiger partial charge >= 0.3 is 12.2 Å². The second kappa shape index (κ2) is 6.07. The molecule has 0 aromatic carbocycles. The van der Waals surface area contributed by atoms with Gasteiger partial charge in [-0.15, -0.1) is 0 Å². The lowest BCUT2D eigenvalue weighted by Gasteiger charge is -2.27. The van der Waals surface area contributed by atoms with Crippen molar-refractivity contribution in [3.63, 3.8) is 0 Å². The predicted molar refractivity (Wildman–Crippen MR) is 85.3 cm³/mol. The highest BCUT2D eigenvalue weighted by Crippen LogP contribution is 2.27. The van der Waals surface area contributed by atoms with Crippen molar-refractivity contribution in [1.82, 2.24) is 10.2 Å². The van der Waals surface area contributed by atoms with E-state index in [9.17, 15) is 19.2 Å². The van der Waals surface area contributed by atoms with Crippen molar-refractivity contribution >= 4 is 23.9 Å². The Hall–Kier alpha value is -2.12. The summed E-state index contributed by atoms with van der Waals surface area (Å²) in [5.41, 5.74) is -3.49. The number of imide groups is 1. The van der Waals surface area contributed by atoms with Crippen LogP contribution in [0, 0.1) is 0 Å². The topological polar surface area (TPSA) is 102 Å². The van der Waals surface area contributed by atoms with Crippen LogP contribution in [-0.4, -0.2) is 51.6 Å². The average molecular weight is 342 g/mol. The first-order valence-electron chi connectivity index (χ1n) is 7.70. The standard InChI is InChI=1S/C16H26N2O6/c1-9-10(19)16(8,17-12(21)23-14(2,3)4)11(20)18(9)13(22)24-15(5,6)7/h9H,1-8H3,(H,17,21). The zero-order valence-corrected chi connectivity index (χ0v) is 15.5. The van der Waals surface area contributed by atoms with Crippen molar-refractivity contribution in [1.29, 1.82) is 0 Å². The number of hydrogen-bond acceptors (Lipinski definition) is 6. The molecule has 1 heterocycles. The van der Waals surface area contributed by atoms with Gasteiger partial charge < -0.3 is 14.8 Å². The molecule has 8 nitrogen and oxygen atoms in total. The summed E-state index contributed by atoms with van der Waals surface area (Å²) < 4.78 is 10.2. The lowest BCUT2D eigenvalue weighted by atomic mass is 9.97. The van der Waals surface area contributed by atoms with Crippen LogP contribution < -0.4 is 5.32 Å². The highest BCUT2D eigenvalue weighted by atomic mass is 16.6. The number of alkyl carbamates (subject to hydrolysis) is 1. The Morgan fingerprint density at radius 2 is 1.50 bits per heavy atom. The largest absolute Gasteiger partial charge is 0.444 e. The molecule has 2 unspecified atom stereocenters. The molecule has 1 aliphatic rings. The van der Waals surface area contributed by atoms with Gasteiger partial charge in [0.2, 0.25) is 0 Å². The molecule has 0 spiro atoms. The number of carbonyl (C=O) groups is 4. The van der Waals surface area contributed by atoms with E-state index in [-0.39, 0.29) is 0 Å². The lowest BCUT2D eigenvalue weighted by molar-refractivity contribution is -0.134. The molecule has 1 rings (SSSR count). The van der Waals surface area contributed by atoms with Gasteiger partial charge in [-0.3, -0.25) is 9.59 Å². The third kappa shape index (κ3) is 4.24. The third-order valence-corrected chi connectivity index (χ3v) is 3.25. The monoisotopic (exact) mass is 342 g/mol. The van der Waals surface area contributed by atoms with Gasteiger partial charge in [-0.05, 0) is 55.4 Å². The maximum atomic E-state index is 12.6. The van der Waals surface area contributed by atoms with Crippen LogP contribution in [0.15, 0.2) is 0 Å². The molecular formula is C16H26N2O6. The van der Waals surface area contributed by atoms with Crippen molar-refractivity contribution in [2.45, 2.75) is 78.2 Å². The summed E-state index contributed by atoms with van der Waals surface area (Å²) in [7, 11) is 0. The minimum Gasteiger partial charge on any atom is -0.444 e. The molecule has 0 saturated carbocycles.